The van der Waals surface area contributed by atoms with Gasteiger partial charge in [0.25, 0.3) is 0 Å². The maximum absolute atomic E-state index is 13.1. The summed E-state index contributed by atoms with van der Waals surface area (Å²) in [5, 5.41) is 0. The van der Waals surface area contributed by atoms with E-state index in [4.69, 9.17) is 14.2 Å². The molecule has 1 fully saturated rings. The molecule has 6 heteroatoms. The van der Waals surface area contributed by atoms with Crippen molar-refractivity contribution < 1.29 is 23.4 Å². The predicted molar refractivity (Wildman–Crippen MR) is 74.7 cm³/mol. The molecule has 1 saturated heterocycles. The maximum Gasteiger partial charge on any atom is 0.248 e. The third kappa shape index (κ3) is 4.99. The van der Waals surface area contributed by atoms with E-state index in [0.29, 0.717) is 32.1 Å². The Morgan fingerprint density at radius 3 is 3.05 bits per heavy atom. The van der Waals surface area contributed by atoms with Gasteiger partial charge in [0.05, 0.1) is 19.8 Å². The number of hydrogen-bond acceptors (Lipinski definition) is 4. The molecular weight excluding hydrogens is 277 g/mol. The van der Waals surface area contributed by atoms with Crippen molar-refractivity contribution in [2.75, 3.05) is 40.0 Å². The zero-order valence-electron chi connectivity index (χ0n) is 12.1. The fourth-order valence-electron chi connectivity index (χ4n) is 2.18. The standard InChI is InChI=1S/C15H20FNO4/c1-19-7-8-20-11-15(18)17-6-5-14(10-17)21-13-4-2-3-12(16)9-13/h2-4,9,14H,5-8,10-11H2,1H3. The second kappa shape index (κ2) is 7.95. The molecule has 1 aromatic carbocycles. The number of nitrogens with zero attached hydrogens (tertiary/aromatic N) is 1. The Bertz CT molecular complexity index is 469. The minimum atomic E-state index is -0.329. The number of carbonyl (C=O) groups is 1. The first kappa shape index (κ1) is 15.7. The Kier molecular flexibility index (Phi) is 5.95. The molecule has 1 atom stereocenters. The Balaban J connectivity index is 1.74. The van der Waals surface area contributed by atoms with Gasteiger partial charge in [0.15, 0.2) is 0 Å². The second-order valence-corrected chi connectivity index (χ2v) is 4.87. The van der Waals surface area contributed by atoms with Gasteiger partial charge in [-0.25, -0.2) is 4.39 Å². The van der Waals surface area contributed by atoms with E-state index >= 15 is 0 Å². The van der Waals surface area contributed by atoms with E-state index in [0.717, 1.165) is 6.42 Å². The highest BCUT2D eigenvalue weighted by Crippen LogP contribution is 2.19. The number of rotatable bonds is 7. The first-order valence-electron chi connectivity index (χ1n) is 6.95. The van der Waals surface area contributed by atoms with Crippen molar-refractivity contribution in [2.24, 2.45) is 0 Å². The Morgan fingerprint density at radius 1 is 1.43 bits per heavy atom. The van der Waals surface area contributed by atoms with Crippen LogP contribution in [0.5, 0.6) is 5.75 Å². The second-order valence-electron chi connectivity index (χ2n) is 4.87. The summed E-state index contributed by atoms with van der Waals surface area (Å²) in [6, 6.07) is 6.03. The lowest BCUT2D eigenvalue weighted by Gasteiger charge is -2.17. The summed E-state index contributed by atoms with van der Waals surface area (Å²) < 4.78 is 28.8. The van der Waals surface area contributed by atoms with Crippen LogP contribution >= 0.6 is 0 Å². The Morgan fingerprint density at radius 2 is 2.29 bits per heavy atom. The van der Waals surface area contributed by atoms with E-state index in [9.17, 15) is 9.18 Å². The molecule has 1 heterocycles. The molecule has 2 rings (SSSR count). The number of benzene rings is 1. The van der Waals surface area contributed by atoms with Gasteiger partial charge in [0.1, 0.15) is 24.3 Å². The molecule has 0 aliphatic carbocycles. The highest BCUT2D eigenvalue weighted by Gasteiger charge is 2.27. The van der Waals surface area contributed by atoms with Gasteiger partial charge < -0.3 is 19.1 Å². The number of carbonyl (C=O) groups excluding carboxylic acids is 1. The van der Waals surface area contributed by atoms with E-state index in [1.807, 2.05) is 0 Å². The minimum absolute atomic E-state index is 0.0516. The third-order valence-electron chi connectivity index (χ3n) is 3.25. The highest BCUT2D eigenvalue weighted by atomic mass is 19.1. The molecule has 1 aliphatic rings. The van der Waals surface area contributed by atoms with Crippen LogP contribution in [0.1, 0.15) is 6.42 Å². The number of likely N-dealkylation sites (tertiary alicyclic amines) is 1. The van der Waals surface area contributed by atoms with Crippen molar-refractivity contribution in [1.29, 1.82) is 0 Å². The number of hydrogen-bond donors (Lipinski definition) is 0. The third-order valence-corrected chi connectivity index (χ3v) is 3.25. The SMILES string of the molecule is COCCOCC(=O)N1CCC(Oc2cccc(F)c2)C1. The Hall–Kier alpha value is -1.66. The molecule has 21 heavy (non-hydrogen) atoms. The van der Waals surface area contributed by atoms with E-state index in [1.54, 1.807) is 24.1 Å². The fraction of sp³-hybridized carbons (Fsp3) is 0.533. The van der Waals surface area contributed by atoms with Crippen molar-refractivity contribution in [1.82, 2.24) is 4.90 Å². The van der Waals surface area contributed by atoms with Crippen molar-refractivity contribution in [3.05, 3.63) is 30.1 Å². The minimum Gasteiger partial charge on any atom is -0.488 e. The predicted octanol–water partition coefficient (Wildman–Crippen LogP) is 1.47. The normalized spacial score (nSPS) is 18.0. The molecule has 1 unspecified atom stereocenters. The van der Waals surface area contributed by atoms with Crippen LogP contribution in [-0.4, -0.2) is 56.9 Å². The average Bonchev–Trinajstić information content (AvgIpc) is 2.92. The van der Waals surface area contributed by atoms with Gasteiger partial charge in [-0.1, -0.05) is 6.07 Å². The van der Waals surface area contributed by atoms with Crippen LogP contribution in [0.3, 0.4) is 0 Å². The topological polar surface area (TPSA) is 48.0 Å². The molecule has 116 valence electrons. The van der Waals surface area contributed by atoms with Crippen LogP contribution in [0, 0.1) is 5.82 Å². The van der Waals surface area contributed by atoms with Gasteiger partial charge in [-0.3, -0.25) is 4.79 Å². The largest absolute Gasteiger partial charge is 0.488 e. The summed E-state index contributed by atoms with van der Waals surface area (Å²) in [4.78, 5) is 13.6. The van der Waals surface area contributed by atoms with E-state index in [-0.39, 0.29) is 24.4 Å². The van der Waals surface area contributed by atoms with Gasteiger partial charge in [-0.2, -0.15) is 0 Å². The van der Waals surface area contributed by atoms with Crippen molar-refractivity contribution in [2.45, 2.75) is 12.5 Å². The van der Waals surface area contributed by atoms with Crippen LogP contribution in [0.4, 0.5) is 4.39 Å². The van der Waals surface area contributed by atoms with E-state index in [2.05, 4.69) is 0 Å². The van der Waals surface area contributed by atoms with Crippen LogP contribution in [0.2, 0.25) is 0 Å². The first-order valence-corrected chi connectivity index (χ1v) is 6.95. The average molecular weight is 297 g/mol. The summed E-state index contributed by atoms with van der Waals surface area (Å²) >= 11 is 0. The zero-order valence-corrected chi connectivity index (χ0v) is 12.1. The van der Waals surface area contributed by atoms with Gasteiger partial charge in [-0.15, -0.1) is 0 Å². The zero-order chi connectivity index (χ0) is 15.1. The van der Waals surface area contributed by atoms with E-state index < -0.39 is 0 Å². The molecule has 1 aromatic rings. The summed E-state index contributed by atoms with van der Waals surface area (Å²) in [6.07, 6.45) is 0.634. The first-order chi connectivity index (χ1) is 10.2. The lowest BCUT2D eigenvalue weighted by Crippen LogP contribution is -2.34. The molecular formula is C15H20FNO4. The van der Waals surface area contributed by atoms with Gasteiger partial charge >= 0.3 is 0 Å². The molecule has 0 bridgehead atoms. The number of halogens is 1. The molecule has 5 nitrogen and oxygen atoms in total. The Labute approximate surface area is 123 Å². The number of ether oxygens (including phenoxy) is 3. The highest BCUT2D eigenvalue weighted by molar-refractivity contribution is 5.77. The number of amides is 1. The van der Waals surface area contributed by atoms with E-state index in [1.165, 1.54) is 12.1 Å². The van der Waals surface area contributed by atoms with Crippen LogP contribution in [-0.2, 0) is 14.3 Å². The molecule has 0 spiro atoms. The van der Waals surface area contributed by atoms with Gasteiger partial charge in [0.2, 0.25) is 5.91 Å². The van der Waals surface area contributed by atoms with Crippen molar-refractivity contribution in [3.63, 3.8) is 0 Å². The van der Waals surface area contributed by atoms with Crippen molar-refractivity contribution in [3.8, 4) is 5.75 Å². The van der Waals surface area contributed by atoms with Crippen LogP contribution in [0.15, 0.2) is 24.3 Å². The summed E-state index contributed by atoms with van der Waals surface area (Å²) in [5.74, 6) is 0.104. The lowest BCUT2D eigenvalue weighted by atomic mass is 10.3. The smallest absolute Gasteiger partial charge is 0.248 e. The molecule has 0 aromatic heterocycles. The van der Waals surface area contributed by atoms with Gasteiger partial charge in [0, 0.05) is 26.1 Å². The van der Waals surface area contributed by atoms with Crippen LogP contribution in [0.25, 0.3) is 0 Å². The quantitative estimate of drug-likeness (QED) is 0.715. The molecule has 1 amide bonds. The summed E-state index contributed by atoms with van der Waals surface area (Å²) in [6.45, 7) is 2.06. The summed E-state index contributed by atoms with van der Waals surface area (Å²) in [5.41, 5.74) is 0. The molecule has 0 N–H and O–H groups in total. The maximum atomic E-state index is 13.1. The molecule has 1 aliphatic heterocycles. The molecule has 0 radical (unpaired) electrons. The molecule has 0 saturated carbocycles. The van der Waals surface area contributed by atoms with Gasteiger partial charge in [-0.05, 0) is 12.1 Å². The lowest BCUT2D eigenvalue weighted by molar-refractivity contribution is -0.135. The van der Waals surface area contributed by atoms with Crippen LogP contribution < -0.4 is 4.74 Å². The number of methoxy groups -OCH3 is 1. The van der Waals surface area contributed by atoms with Crippen molar-refractivity contribution >= 4 is 5.91 Å². The summed E-state index contributed by atoms with van der Waals surface area (Å²) in [7, 11) is 1.58. The fourth-order valence-corrected chi connectivity index (χ4v) is 2.18. The monoisotopic (exact) mass is 297 g/mol.